The number of carbonyl (C=O) groups excluding carboxylic acids is 1. The summed E-state index contributed by atoms with van der Waals surface area (Å²) in [6, 6.07) is 17.2. The molecule has 7 nitrogen and oxygen atoms in total. The third-order valence-corrected chi connectivity index (χ3v) is 10.8. The first-order chi connectivity index (χ1) is 19.4. The van der Waals surface area contributed by atoms with Crippen molar-refractivity contribution in [3.05, 3.63) is 88.7 Å². The number of aryl methyl sites for hydroxylation is 2. The molecule has 40 heavy (non-hydrogen) atoms. The fourth-order valence-corrected chi connectivity index (χ4v) is 8.24. The molecular weight excluding hydrogens is 520 g/mol. The lowest BCUT2D eigenvalue weighted by Gasteiger charge is -2.36. The Bertz CT molecular complexity index is 1460. The van der Waals surface area contributed by atoms with E-state index in [1.165, 1.54) is 53.3 Å². The van der Waals surface area contributed by atoms with Crippen LogP contribution in [0.2, 0.25) is 0 Å². The number of hydrogen-bond donors (Lipinski definition) is 1. The molecule has 3 heterocycles. The van der Waals surface area contributed by atoms with Crippen LogP contribution in [0.25, 0.3) is 0 Å². The molecule has 0 spiro atoms. The molecule has 2 aliphatic heterocycles. The molecule has 1 saturated heterocycles. The van der Waals surface area contributed by atoms with E-state index in [9.17, 15) is 13.2 Å². The van der Waals surface area contributed by atoms with E-state index in [4.69, 9.17) is 0 Å². The summed E-state index contributed by atoms with van der Waals surface area (Å²) >= 11 is 0. The molecule has 3 aromatic rings. The summed E-state index contributed by atoms with van der Waals surface area (Å²) in [5.41, 5.74) is 5.98. The number of aromatic nitrogens is 1. The quantitative estimate of drug-likeness (QED) is 0.459. The van der Waals surface area contributed by atoms with E-state index in [0.29, 0.717) is 13.1 Å². The van der Waals surface area contributed by atoms with Gasteiger partial charge in [-0.3, -0.25) is 9.69 Å². The molecule has 0 saturated carbocycles. The van der Waals surface area contributed by atoms with Crippen molar-refractivity contribution in [1.29, 1.82) is 0 Å². The Hall–Kier alpha value is -2.94. The Labute approximate surface area is 238 Å². The number of carbonyl (C=O) groups is 1. The molecule has 3 aliphatic rings. The predicted molar refractivity (Wildman–Crippen MR) is 156 cm³/mol. The summed E-state index contributed by atoms with van der Waals surface area (Å²) in [5.74, 6) is -0.0982. The number of nitrogens with zero attached hydrogens (tertiary/aromatic N) is 3. The molecule has 1 aromatic heterocycles. The second-order valence-corrected chi connectivity index (χ2v) is 13.6. The number of rotatable bonds is 7. The van der Waals surface area contributed by atoms with Gasteiger partial charge >= 0.3 is 0 Å². The topological polar surface area (TPSA) is 74.6 Å². The van der Waals surface area contributed by atoms with E-state index in [1.807, 2.05) is 37.4 Å². The van der Waals surface area contributed by atoms with Crippen molar-refractivity contribution in [3.8, 4) is 0 Å². The number of benzene rings is 2. The van der Waals surface area contributed by atoms with Crippen LogP contribution in [0.5, 0.6) is 0 Å². The SMILES string of the molecule is Cc1ccc(S(=O)(=O)N2CCn3cccc3C2CC(=O)NC2CCc3cc(CN4CCCCC4)ccc3C2)cc1. The van der Waals surface area contributed by atoms with Gasteiger partial charge in [-0.1, -0.05) is 42.3 Å². The fourth-order valence-electron chi connectivity index (χ4n) is 6.65. The van der Waals surface area contributed by atoms with Gasteiger partial charge in [0.05, 0.1) is 10.9 Å². The summed E-state index contributed by atoms with van der Waals surface area (Å²) in [6.45, 7) is 6.27. The van der Waals surface area contributed by atoms with Gasteiger partial charge < -0.3 is 9.88 Å². The largest absolute Gasteiger partial charge is 0.353 e. The Balaban J connectivity index is 1.13. The zero-order chi connectivity index (χ0) is 27.7. The van der Waals surface area contributed by atoms with Gasteiger partial charge in [0.15, 0.2) is 0 Å². The molecule has 1 N–H and O–H groups in total. The molecule has 1 amide bonds. The second kappa shape index (κ2) is 11.5. The minimum Gasteiger partial charge on any atom is -0.353 e. The van der Waals surface area contributed by atoms with Crippen molar-refractivity contribution in [2.24, 2.45) is 0 Å². The predicted octanol–water partition coefficient (Wildman–Crippen LogP) is 4.59. The number of piperidine rings is 1. The highest BCUT2D eigenvalue weighted by Crippen LogP contribution is 2.34. The standard InChI is InChI=1S/C32H40N4O3S/c1-24-7-13-29(14-8-24)40(38,39)36-19-18-35-17-5-6-30(35)31(36)22-32(37)33-28-12-11-26-20-25(9-10-27(26)21-28)23-34-15-3-2-4-16-34/h5-10,13-14,17,20,28,31H,2-4,11-12,15-16,18-19,21-23H2,1H3,(H,33,37). The molecule has 8 heteroatoms. The Morgan fingerprint density at radius 3 is 2.55 bits per heavy atom. The molecule has 0 radical (unpaired) electrons. The molecular formula is C32H40N4O3S. The van der Waals surface area contributed by atoms with Crippen LogP contribution in [-0.4, -0.2) is 53.8 Å². The van der Waals surface area contributed by atoms with Crippen LogP contribution in [0.15, 0.2) is 65.7 Å². The van der Waals surface area contributed by atoms with E-state index in [1.54, 1.807) is 12.1 Å². The Morgan fingerprint density at radius 1 is 0.950 bits per heavy atom. The van der Waals surface area contributed by atoms with Crippen LogP contribution in [0.3, 0.4) is 0 Å². The van der Waals surface area contributed by atoms with Crippen LogP contribution in [0, 0.1) is 6.92 Å². The normalized spacial score (nSPS) is 21.9. The van der Waals surface area contributed by atoms with E-state index in [-0.39, 0.29) is 23.3 Å². The average Bonchev–Trinajstić information content (AvgIpc) is 3.44. The van der Waals surface area contributed by atoms with Crippen molar-refractivity contribution >= 4 is 15.9 Å². The zero-order valence-corrected chi connectivity index (χ0v) is 24.2. The van der Waals surface area contributed by atoms with Crippen LogP contribution in [-0.2, 0) is 40.7 Å². The van der Waals surface area contributed by atoms with Gasteiger partial charge in [-0.15, -0.1) is 0 Å². The van der Waals surface area contributed by atoms with E-state index >= 15 is 0 Å². The summed E-state index contributed by atoms with van der Waals surface area (Å²) in [4.78, 5) is 16.2. The van der Waals surface area contributed by atoms with Gasteiger partial charge in [-0.05, 0) is 93.1 Å². The maximum Gasteiger partial charge on any atom is 0.243 e. The van der Waals surface area contributed by atoms with Crippen molar-refractivity contribution in [1.82, 2.24) is 19.1 Å². The second-order valence-electron chi connectivity index (χ2n) is 11.7. The molecule has 2 unspecified atom stereocenters. The zero-order valence-electron chi connectivity index (χ0n) is 23.4. The molecule has 0 bridgehead atoms. The maximum absolute atomic E-state index is 13.7. The molecule has 2 atom stereocenters. The highest BCUT2D eigenvalue weighted by atomic mass is 32.2. The molecule has 1 aliphatic carbocycles. The van der Waals surface area contributed by atoms with Gasteiger partial charge in [0.2, 0.25) is 15.9 Å². The summed E-state index contributed by atoms with van der Waals surface area (Å²) in [6.07, 6.45) is 8.69. The summed E-state index contributed by atoms with van der Waals surface area (Å²) in [5, 5.41) is 3.25. The number of hydrogen-bond acceptors (Lipinski definition) is 4. The lowest BCUT2D eigenvalue weighted by atomic mass is 9.87. The van der Waals surface area contributed by atoms with Crippen LogP contribution in [0.1, 0.15) is 66.1 Å². The lowest BCUT2D eigenvalue weighted by molar-refractivity contribution is -0.123. The van der Waals surface area contributed by atoms with Gasteiger partial charge in [-0.25, -0.2) is 8.42 Å². The van der Waals surface area contributed by atoms with E-state index in [2.05, 4.69) is 33.0 Å². The molecule has 1 fully saturated rings. The van der Waals surface area contributed by atoms with Crippen LogP contribution in [0.4, 0.5) is 0 Å². The van der Waals surface area contributed by atoms with Crippen molar-refractivity contribution in [2.75, 3.05) is 19.6 Å². The highest BCUT2D eigenvalue weighted by Gasteiger charge is 2.38. The first-order valence-corrected chi connectivity index (χ1v) is 16.2. The number of amides is 1. The van der Waals surface area contributed by atoms with Gasteiger partial charge in [-0.2, -0.15) is 4.31 Å². The Morgan fingerprint density at radius 2 is 1.75 bits per heavy atom. The van der Waals surface area contributed by atoms with Crippen molar-refractivity contribution < 1.29 is 13.2 Å². The van der Waals surface area contributed by atoms with E-state index < -0.39 is 16.1 Å². The number of fused-ring (bicyclic) bond motifs is 2. The molecule has 2 aromatic carbocycles. The lowest BCUT2D eigenvalue weighted by Crippen LogP contribution is -2.45. The smallest absolute Gasteiger partial charge is 0.243 e. The van der Waals surface area contributed by atoms with Gasteiger partial charge in [0, 0.05) is 44.0 Å². The third-order valence-electron chi connectivity index (χ3n) is 8.84. The van der Waals surface area contributed by atoms with Crippen molar-refractivity contribution in [2.45, 2.75) is 81.9 Å². The average molecular weight is 561 g/mol. The highest BCUT2D eigenvalue weighted by molar-refractivity contribution is 7.89. The summed E-state index contributed by atoms with van der Waals surface area (Å²) in [7, 11) is -3.75. The first kappa shape index (κ1) is 27.2. The number of nitrogens with one attached hydrogen (secondary N) is 1. The van der Waals surface area contributed by atoms with E-state index in [0.717, 1.165) is 37.1 Å². The number of sulfonamides is 1. The van der Waals surface area contributed by atoms with Crippen LogP contribution < -0.4 is 5.32 Å². The minimum absolute atomic E-state index is 0.0606. The van der Waals surface area contributed by atoms with Crippen LogP contribution >= 0.6 is 0 Å². The van der Waals surface area contributed by atoms with Gasteiger partial charge in [0.25, 0.3) is 0 Å². The first-order valence-electron chi connectivity index (χ1n) is 14.7. The minimum atomic E-state index is -3.75. The third kappa shape index (κ3) is 5.76. The van der Waals surface area contributed by atoms with Crippen molar-refractivity contribution in [3.63, 3.8) is 0 Å². The van der Waals surface area contributed by atoms with Gasteiger partial charge in [0.1, 0.15) is 0 Å². The molecule has 6 rings (SSSR count). The fraction of sp³-hybridized carbons (Fsp3) is 0.469. The maximum atomic E-state index is 13.7. The number of likely N-dealkylation sites (tertiary alicyclic amines) is 1. The monoisotopic (exact) mass is 560 g/mol. The summed E-state index contributed by atoms with van der Waals surface area (Å²) < 4.78 is 31.0. The molecule has 212 valence electrons. The Kier molecular flexibility index (Phi) is 7.84.